The Labute approximate surface area is 65.0 Å². The molecule has 0 saturated heterocycles. The van der Waals surface area contributed by atoms with Crippen LogP contribution < -0.4 is 0 Å². The highest BCUT2D eigenvalue weighted by Gasteiger charge is 1.96. The zero-order valence-corrected chi connectivity index (χ0v) is 6.37. The van der Waals surface area contributed by atoms with Gasteiger partial charge in [-0.3, -0.25) is 4.79 Å². The summed E-state index contributed by atoms with van der Waals surface area (Å²) in [5.74, 6) is 0.586. The highest BCUT2D eigenvalue weighted by Crippen LogP contribution is 2.00. The Morgan fingerprint density at radius 1 is 1.73 bits per heavy atom. The Hall–Kier alpha value is -1.25. The average Bonchev–Trinajstić information content (AvgIpc) is 2.39. The van der Waals surface area contributed by atoms with Gasteiger partial charge in [0.1, 0.15) is 5.76 Å². The van der Waals surface area contributed by atoms with Gasteiger partial charge in [0.05, 0.1) is 12.9 Å². The molecule has 3 heteroatoms. The monoisotopic (exact) mass is 154 g/mol. The Morgan fingerprint density at radius 2 is 2.55 bits per heavy atom. The van der Waals surface area contributed by atoms with Crippen molar-refractivity contribution in [2.45, 2.75) is 13.3 Å². The minimum Gasteiger partial charge on any atom is -0.469 e. The van der Waals surface area contributed by atoms with E-state index in [1.165, 1.54) is 6.92 Å². The molecule has 60 valence electrons. The summed E-state index contributed by atoms with van der Waals surface area (Å²) in [4.78, 5) is 10.3. The number of rotatable bonds is 3. The first-order valence-corrected chi connectivity index (χ1v) is 3.45. The molecule has 0 unspecified atom stereocenters. The first-order chi connectivity index (χ1) is 5.29. The fourth-order valence-electron chi connectivity index (χ4n) is 0.750. The van der Waals surface area contributed by atoms with Gasteiger partial charge < -0.3 is 9.15 Å². The molecule has 0 aliphatic carbocycles. The van der Waals surface area contributed by atoms with Crippen molar-refractivity contribution in [2.75, 3.05) is 6.61 Å². The van der Waals surface area contributed by atoms with E-state index in [4.69, 9.17) is 9.15 Å². The lowest BCUT2D eigenvalue weighted by Gasteiger charge is -1.97. The molecular weight excluding hydrogens is 144 g/mol. The SMILES string of the molecule is CC(=O)OCCc1ccco1. The zero-order valence-electron chi connectivity index (χ0n) is 6.37. The summed E-state index contributed by atoms with van der Waals surface area (Å²) < 4.78 is 9.74. The van der Waals surface area contributed by atoms with Crippen molar-refractivity contribution in [3.63, 3.8) is 0 Å². The van der Waals surface area contributed by atoms with Crippen LogP contribution in [-0.4, -0.2) is 12.6 Å². The van der Waals surface area contributed by atoms with Crippen LogP contribution in [0.5, 0.6) is 0 Å². The Morgan fingerprint density at radius 3 is 3.09 bits per heavy atom. The quantitative estimate of drug-likeness (QED) is 0.617. The molecule has 0 spiro atoms. The lowest BCUT2D eigenvalue weighted by molar-refractivity contribution is -0.140. The largest absolute Gasteiger partial charge is 0.469 e. The molecule has 0 aliphatic heterocycles. The number of hydrogen-bond donors (Lipinski definition) is 0. The third-order valence-corrected chi connectivity index (χ3v) is 1.23. The van der Waals surface area contributed by atoms with E-state index in [1.807, 2.05) is 12.1 Å². The lowest BCUT2D eigenvalue weighted by atomic mass is 10.3. The first-order valence-electron chi connectivity index (χ1n) is 3.45. The molecular formula is C8H10O3. The molecule has 1 aromatic heterocycles. The van der Waals surface area contributed by atoms with Gasteiger partial charge in [0, 0.05) is 13.3 Å². The van der Waals surface area contributed by atoms with Crippen molar-refractivity contribution in [1.82, 2.24) is 0 Å². The fraction of sp³-hybridized carbons (Fsp3) is 0.375. The summed E-state index contributed by atoms with van der Waals surface area (Å²) in [5, 5.41) is 0. The number of furan rings is 1. The molecule has 1 aromatic rings. The minimum atomic E-state index is -0.253. The lowest BCUT2D eigenvalue weighted by Crippen LogP contribution is -2.02. The maximum atomic E-state index is 10.3. The molecule has 0 N–H and O–H groups in total. The molecule has 0 aromatic carbocycles. The number of carbonyl (C=O) groups is 1. The van der Waals surface area contributed by atoms with Crippen LogP contribution in [0.3, 0.4) is 0 Å². The van der Waals surface area contributed by atoms with Crippen molar-refractivity contribution in [2.24, 2.45) is 0 Å². The van der Waals surface area contributed by atoms with E-state index >= 15 is 0 Å². The summed E-state index contributed by atoms with van der Waals surface area (Å²) in [6.07, 6.45) is 2.25. The van der Waals surface area contributed by atoms with Gasteiger partial charge in [0.2, 0.25) is 0 Å². The van der Waals surface area contributed by atoms with Gasteiger partial charge in [-0.25, -0.2) is 0 Å². The molecule has 3 nitrogen and oxygen atoms in total. The van der Waals surface area contributed by atoms with E-state index in [2.05, 4.69) is 0 Å². The van der Waals surface area contributed by atoms with Crippen molar-refractivity contribution in [1.29, 1.82) is 0 Å². The molecule has 1 rings (SSSR count). The van der Waals surface area contributed by atoms with E-state index in [-0.39, 0.29) is 5.97 Å². The van der Waals surface area contributed by atoms with E-state index in [0.717, 1.165) is 5.76 Å². The standard InChI is InChI=1S/C8H10O3/c1-7(9)10-6-4-8-3-2-5-11-8/h2-3,5H,4,6H2,1H3. The third-order valence-electron chi connectivity index (χ3n) is 1.23. The smallest absolute Gasteiger partial charge is 0.302 e. The average molecular weight is 154 g/mol. The third kappa shape index (κ3) is 2.89. The second-order valence-electron chi connectivity index (χ2n) is 2.17. The van der Waals surface area contributed by atoms with Crippen molar-refractivity contribution < 1.29 is 13.9 Å². The van der Waals surface area contributed by atoms with Crippen molar-refractivity contribution in [3.8, 4) is 0 Å². The summed E-state index contributed by atoms with van der Waals surface area (Å²) in [5.41, 5.74) is 0. The molecule has 0 bridgehead atoms. The van der Waals surface area contributed by atoms with Crippen LogP contribution in [0.2, 0.25) is 0 Å². The summed E-state index contributed by atoms with van der Waals surface area (Å²) in [7, 11) is 0. The molecule has 1 heterocycles. The van der Waals surface area contributed by atoms with Crippen molar-refractivity contribution >= 4 is 5.97 Å². The van der Waals surface area contributed by atoms with Crippen LogP contribution in [0.1, 0.15) is 12.7 Å². The molecule has 0 amide bonds. The predicted molar refractivity (Wildman–Crippen MR) is 39.0 cm³/mol. The first kappa shape index (κ1) is 7.85. The van der Waals surface area contributed by atoms with Crippen LogP contribution in [0, 0.1) is 0 Å². The summed E-state index contributed by atoms with van der Waals surface area (Å²) in [6.45, 7) is 1.78. The van der Waals surface area contributed by atoms with Gasteiger partial charge in [-0.2, -0.15) is 0 Å². The van der Waals surface area contributed by atoms with Crippen LogP contribution in [0.25, 0.3) is 0 Å². The Balaban J connectivity index is 2.19. The summed E-state index contributed by atoms with van der Waals surface area (Å²) in [6, 6.07) is 3.66. The fourth-order valence-corrected chi connectivity index (χ4v) is 0.750. The molecule has 0 atom stereocenters. The number of hydrogen-bond acceptors (Lipinski definition) is 3. The second-order valence-corrected chi connectivity index (χ2v) is 2.17. The molecule has 0 radical (unpaired) electrons. The van der Waals surface area contributed by atoms with Crippen molar-refractivity contribution in [3.05, 3.63) is 24.2 Å². The van der Waals surface area contributed by atoms with E-state index in [0.29, 0.717) is 13.0 Å². The number of esters is 1. The van der Waals surface area contributed by atoms with Crippen LogP contribution in [0.15, 0.2) is 22.8 Å². The molecule has 11 heavy (non-hydrogen) atoms. The number of ether oxygens (including phenoxy) is 1. The van der Waals surface area contributed by atoms with Gasteiger partial charge in [-0.15, -0.1) is 0 Å². The maximum Gasteiger partial charge on any atom is 0.302 e. The molecule has 0 fully saturated rings. The molecule has 0 saturated carbocycles. The minimum absolute atomic E-state index is 0.253. The van der Waals surface area contributed by atoms with Gasteiger partial charge in [-0.05, 0) is 12.1 Å². The zero-order chi connectivity index (χ0) is 8.10. The van der Waals surface area contributed by atoms with Gasteiger partial charge in [0.25, 0.3) is 0 Å². The number of carbonyl (C=O) groups excluding carboxylic acids is 1. The molecule has 0 aliphatic rings. The maximum absolute atomic E-state index is 10.3. The normalized spacial score (nSPS) is 9.55. The Kier molecular flexibility index (Phi) is 2.72. The highest BCUT2D eigenvalue weighted by atomic mass is 16.5. The van der Waals surface area contributed by atoms with Crippen LogP contribution in [-0.2, 0) is 16.0 Å². The van der Waals surface area contributed by atoms with E-state index in [9.17, 15) is 4.79 Å². The van der Waals surface area contributed by atoms with E-state index in [1.54, 1.807) is 6.26 Å². The van der Waals surface area contributed by atoms with Gasteiger partial charge >= 0.3 is 5.97 Å². The van der Waals surface area contributed by atoms with Crippen LogP contribution >= 0.6 is 0 Å². The van der Waals surface area contributed by atoms with Gasteiger partial charge in [0.15, 0.2) is 0 Å². The Bertz CT molecular complexity index is 213. The predicted octanol–water partition coefficient (Wildman–Crippen LogP) is 1.39. The highest BCUT2D eigenvalue weighted by molar-refractivity contribution is 5.65. The summed E-state index contributed by atoms with van der Waals surface area (Å²) >= 11 is 0. The van der Waals surface area contributed by atoms with Gasteiger partial charge in [-0.1, -0.05) is 0 Å². The van der Waals surface area contributed by atoms with E-state index < -0.39 is 0 Å². The second kappa shape index (κ2) is 3.81. The van der Waals surface area contributed by atoms with Crippen LogP contribution in [0.4, 0.5) is 0 Å². The topological polar surface area (TPSA) is 39.4 Å².